The van der Waals surface area contributed by atoms with Gasteiger partial charge in [-0.15, -0.1) is 0 Å². The first-order valence-electron chi connectivity index (χ1n) is 10.9. The third-order valence-electron chi connectivity index (χ3n) is 5.91. The van der Waals surface area contributed by atoms with E-state index in [-0.39, 0.29) is 17.7 Å². The molecule has 0 bridgehead atoms. The number of piperidine rings is 1. The van der Waals surface area contributed by atoms with Crippen LogP contribution in [0.25, 0.3) is 11.1 Å². The van der Waals surface area contributed by atoms with Gasteiger partial charge in [-0.05, 0) is 43.5 Å². The predicted octanol–water partition coefficient (Wildman–Crippen LogP) is 4.07. The van der Waals surface area contributed by atoms with Crippen LogP contribution in [-0.4, -0.2) is 46.7 Å². The summed E-state index contributed by atoms with van der Waals surface area (Å²) < 4.78 is 7.28. The monoisotopic (exact) mass is 432 g/mol. The summed E-state index contributed by atoms with van der Waals surface area (Å²) in [5, 5.41) is 7.12. The molecule has 0 atom stereocenters. The van der Waals surface area contributed by atoms with E-state index in [4.69, 9.17) is 4.74 Å². The number of nitrogens with zero attached hydrogens (tertiary/aromatic N) is 3. The molecule has 4 rings (SSSR count). The zero-order valence-electron chi connectivity index (χ0n) is 18.5. The Bertz CT molecular complexity index is 1090. The molecule has 166 valence electrons. The van der Waals surface area contributed by atoms with Crippen molar-refractivity contribution in [2.45, 2.75) is 26.3 Å². The van der Waals surface area contributed by atoms with Gasteiger partial charge in [0.25, 0.3) is 5.91 Å². The van der Waals surface area contributed by atoms with Gasteiger partial charge in [0.05, 0.1) is 19.0 Å². The molecule has 1 fully saturated rings. The number of hydrogen-bond acceptors (Lipinski definition) is 4. The quantitative estimate of drug-likeness (QED) is 0.637. The van der Waals surface area contributed by atoms with E-state index in [2.05, 4.69) is 10.4 Å². The van der Waals surface area contributed by atoms with Crippen molar-refractivity contribution in [1.29, 1.82) is 0 Å². The summed E-state index contributed by atoms with van der Waals surface area (Å²) in [5.74, 6) is 0.589. The summed E-state index contributed by atoms with van der Waals surface area (Å²) in [6.07, 6.45) is 4.76. The summed E-state index contributed by atoms with van der Waals surface area (Å²) in [4.78, 5) is 27.6. The topological polar surface area (TPSA) is 76.5 Å². The number of carbonyl (C=O) groups is 2. The normalized spacial score (nSPS) is 14.2. The summed E-state index contributed by atoms with van der Waals surface area (Å²) in [6, 6.07) is 15.4. The van der Waals surface area contributed by atoms with Crippen molar-refractivity contribution in [3.63, 3.8) is 0 Å². The van der Waals surface area contributed by atoms with Gasteiger partial charge in [-0.25, -0.2) is 0 Å². The summed E-state index contributed by atoms with van der Waals surface area (Å²) >= 11 is 0. The van der Waals surface area contributed by atoms with Gasteiger partial charge in [0.15, 0.2) is 0 Å². The Morgan fingerprint density at radius 3 is 2.53 bits per heavy atom. The SMILES string of the molecule is CCn1cc(NC(=O)C2CCN(C(=O)c3ccc(OC)c(-c4ccccc4)c3)CC2)cn1. The molecular weight excluding hydrogens is 404 g/mol. The molecule has 2 heterocycles. The van der Waals surface area contributed by atoms with E-state index in [0.29, 0.717) is 37.2 Å². The fourth-order valence-corrected chi connectivity index (χ4v) is 4.06. The zero-order chi connectivity index (χ0) is 22.5. The molecule has 3 aromatic rings. The third-order valence-corrected chi connectivity index (χ3v) is 5.91. The number of hydrogen-bond donors (Lipinski definition) is 1. The van der Waals surface area contributed by atoms with Crippen LogP contribution in [0.15, 0.2) is 60.9 Å². The minimum absolute atomic E-state index is 0.0106. The zero-order valence-corrected chi connectivity index (χ0v) is 18.5. The van der Waals surface area contributed by atoms with Crippen molar-refractivity contribution in [3.05, 3.63) is 66.5 Å². The average Bonchev–Trinajstić information content (AvgIpc) is 3.31. The molecular formula is C25H28N4O3. The van der Waals surface area contributed by atoms with Gasteiger partial charge >= 0.3 is 0 Å². The number of aromatic nitrogens is 2. The Hall–Kier alpha value is -3.61. The van der Waals surface area contributed by atoms with Crippen molar-refractivity contribution in [3.8, 4) is 16.9 Å². The van der Waals surface area contributed by atoms with Crippen molar-refractivity contribution < 1.29 is 14.3 Å². The minimum atomic E-state index is -0.111. The Labute approximate surface area is 188 Å². The second kappa shape index (κ2) is 9.68. The molecule has 0 aliphatic carbocycles. The standard InChI is InChI=1S/C25H28N4O3/c1-3-29-17-21(16-26-29)27-24(30)19-11-13-28(14-12-19)25(31)20-9-10-23(32-2)22(15-20)18-7-5-4-6-8-18/h4-10,15-17,19H,3,11-14H2,1-2H3,(H,27,30). The summed E-state index contributed by atoms with van der Waals surface area (Å²) in [7, 11) is 1.63. The van der Waals surface area contributed by atoms with Crippen LogP contribution < -0.4 is 10.1 Å². The second-order valence-electron chi connectivity index (χ2n) is 7.92. The van der Waals surface area contributed by atoms with Crippen LogP contribution in [0.4, 0.5) is 5.69 Å². The number of rotatable bonds is 6. The van der Waals surface area contributed by atoms with E-state index in [1.165, 1.54) is 0 Å². The fourth-order valence-electron chi connectivity index (χ4n) is 4.06. The van der Waals surface area contributed by atoms with Crippen molar-refractivity contribution in [2.24, 2.45) is 5.92 Å². The Kier molecular flexibility index (Phi) is 6.54. The molecule has 1 aromatic heterocycles. The largest absolute Gasteiger partial charge is 0.496 e. The number of anilines is 1. The summed E-state index contributed by atoms with van der Waals surface area (Å²) in [5.41, 5.74) is 3.23. The highest BCUT2D eigenvalue weighted by Crippen LogP contribution is 2.31. The molecule has 2 aromatic carbocycles. The molecule has 0 saturated carbocycles. The molecule has 32 heavy (non-hydrogen) atoms. The van der Waals surface area contributed by atoms with Crippen molar-refractivity contribution >= 4 is 17.5 Å². The van der Waals surface area contributed by atoms with Crippen LogP contribution >= 0.6 is 0 Å². The Balaban J connectivity index is 1.40. The molecule has 0 spiro atoms. The maximum absolute atomic E-state index is 13.2. The van der Waals surface area contributed by atoms with Gasteiger partial charge in [-0.2, -0.15) is 5.10 Å². The van der Waals surface area contributed by atoms with Crippen molar-refractivity contribution in [1.82, 2.24) is 14.7 Å². The molecule has 7 heteroatoms. The van der Waals surface area contributed by atoms with Gasteiger partial charge in [0.1, 0.15) is 5.75 Å². The highest BCUT2D eigenvalue weighted by Gasteiger charge is 2.28. The van der Waals surface area contributed by atoms with Gasteiger partial charge in [-0.1, -0.05) is 30.3 Å². The van der Waals surface area contributed by atoms with E-state index in [9.17, 15) is 9.59 Å². The van der Waals surface area contributed by atoms with E-state index in [0.717, 1.165) is 23.4 Å². The first-order chi connectivity index (χ1) is 15.6. The van der Waals surface area contributed by atoms with Crippen LogP contribution in [0.5, 0.6) is 5.75 Å². The molecule has 1 N–H and O–H groups in total. The number of aryl methyl sites for hydroxylation is 1. The molecule has 0 unspecified atom stereocenters. The van der Waals surface area contributed by atoms with Gasteiger partial charge in [-0.3, -0.25) is 14.3 Å². The number of likely N-dealkylation sites (tertiary alicyclic amines) is 1. The Morgan fingerprint density at radius 2 is 1.88 bits per heavy atom. The van der Waals surface area contributed by atoms with E-state index < -0.39 is 0 Å². The fraction of sp³-hybridized carbons (Fsp3) is 0.320. The minimum Gasteiger partial charge on any atom is -0.496 e. The average molecular weight is 433 g/mol. The lowest BCUT2D eigenvalue weighted by Crippen LogP contribution is -2.41. The van der Waals surface area contributed by atoms with E-state index in [1.807, 2.05) is 60.5 Å². The number of ether oxygens (including phenoxy) is 1. The molecule has 1 aliphatic heterocycles. The number of amides is 2. The molecule has 1 saturated heterocycles. The van der Waals surface area contributed by atoms with Crippen LogP contribution in [0, 0.1) is 5.92 Å². The Morgan fingerprint density at radius 1 is 1.12 bits per heavy atom. The smallest absolute Gasteiger partial charge is 0.253 e. The van der Waals surface area contributed by atoms with E-state index in [1.54, 1.807) is 24.1 Å². The molecule has 2 amide bonds. The highest BCUT2D eigenvalue weighted by atomic mass is 16.5. The summed E-state index contributed by atoms with van der Waals surface area (Å²) in [6.45, 7) is 3.86. The van der Waals surface area contributed by atoms with Gasteiger partial charge in [0, 0.05) is 42.9 Å². The lowest BCUT2D eigenvalue weighted by Gasteiger charge is -2.31. The van der Waals surface area contributed by atoms with Crippen LogP contribution in [-0.2, 0) is 11.3 Å². The predicted molar refractivity (Wildman–Crippen MR) is 124 cm³/mol. The van der Waals surface area contributed by atoms with Gasteiger partial charge < -0.3 is 15.0 Å². The number of methoxy groups -OCH3 is 1. The first kappa shape index (κ1) is 21.6. The maximum Gasteiger partial charge on any atom is 0.253 e. The van der Waals surface area contributed by atoms with Crippen molar-refractivity contribution in [2.75, 3.05) is 25.5 Å². The molecule has 1 aliphatic rings. The molecule has 0 radical (unpaired) electrons. The number of nitrogens with one attached hydrogen (secondary N) is 1. The molecule has 7 nitrogen and oxygen atoms in total. The van der Waals surface area contributed by atoms with E-state index >= 15 is 0 Å². The van der Waals surface area contributed by atoms with Crippen LogP contribution in [0.1, 0.15) is 30.1 Å². The maximum atomic E-state index is 13.2. The second-order valence-corrected chi connectivity index (χ2v) is 7.92. The lowest BCUT2D eigenvalue weighted by molar-refractivity contribution is -0.121. The first-order valence-corrected chi connectivity index (χ1v) is 10.9. The third kappa shape index (κ3) is 4.66. The van der Waals surface area contributed by atoms with Gasteiger partial charge in [0.2, 0.25) is 5.91 Å². The number of carbonyl (C=O) groups excluding carboxylic acids is 2. The van der Waals surface area contributed by atoms with Crippen LogP contribution in [0.3, 0.4) is 0 Å². The van der Waals surface area contributed by atoms with Crippen LogP contribution in [0.2, 0.25) is 0 Å². The lowest BCUT2D eigenvalue weighted by atomic mass is 9.95. The highest BCUT2D eigenvalue weighted by molar-refractivity contribution is 5.97. The number of benzene rings is 2.